The number of H-pyrrole nitrogens is 1. The number of fused-ring (bicyclic) bond motifs is 1. The van der Waals surface area contributed by atoms with Crippen molar-refractivity contribution in [3.63, 3.8) is 0 Å². The number of hydrogen-bond acceptors (Lipinski definition) is 4. The third-order valence-electron chi connectivity index (χ3n) is 3.61. The molecule has 0 aliphatic carbocycles. The number of thioether (sulfide) groups is 2. The molecule has 2 aromatic rings. The summed E-state index contributed by atoms with van der Waals surface area (Å²) < 4.78 is 1.25. The number of likely N-dealkylation sites (N-methyl/N-ethyl adjacent to an activating group) is 1. The van der Waals surface area contributed by atoms with Gasteiger partial charge < -0.3 is 9.88 Å². The fraction of sp³-hybridized carbons (Fsp3) is 0.438. The number of aromatic nitrogens is 1. The van der Waals surface area contributed by atoms with Gasteiger partial charge in [0, 0.05) is 41.1 Å². The molecular formula is C16H21N3S2. The molecule has 1 aliphatic rings. The molecule has 1 aromatic carbocycles. The molecule has 21 heavy (non-hydrogen) atoms. The summed E-state index contributed by atoms with van der Waals surface area (Å²) in [5.74, 6) is 2.16. The van der Waals surface area contributed by atoms with E-state index < -0.39 is 0 Å². The molecule has 2 heterocycles. The van der Waals surface area contributed by atoms with E-state index in [1.54, 1.807) is 0 Å². The molecule has 1 aliphatic heterocycles. The van der Waals surface area contributed by atoms with Crippen LogP contribution in [0.4, 0.5) is 0 Å². The summed E-state index contributed by atoms with van der Waals surface area (Å²) in [5, 5.41) is 1.36. The van der Waals surface area contributed by atoms with Crippen molar-refractivity contribution in [2.75, 3.05) is 32.9 Å². The molecule has 1 aromatic heterocycles. The Morgan fingerprint density at radius 1 is 1.33 bits per heavy atom. The standard InChI is InChI=1S/C16H21N3S2/c1-19(2)9-7-15-13(11-21-16-17-8-10-20-16)12-5-3-4-6-14(12)18-15/h3-6,18H,7-11H2,1-2H3. The summed E-state index contributed by atoms with van der Waals surface area (Å²) in [7, 11) is 4.25. The van der Waals surface area contributed by atoms with E-state index in [1.807, 2.05) is 23.5 Å². The zero-order valence-electron chi connectivity index (χ0n) is 12.6. The normalized spacial score (nSPS) is 15.1. The molecule has 0 bridgehead atoms. The second-order valence-corrected chi connectivity index (χ2v) is 7.77. The minimum Gasteiger partial charge on any atom is -0.358 e. The molecule has 1 N–H and O–H groups in total. The molecule has 112 valence electrons. The van der Waals surface area contributed by atoms with Crippen LogP contribution < -0.4 is 0 Å². The third-order valence-corrected chi connectivity index (χ3v) is 5.89. The van der Waals surface area contributed by atoms with Gasteiger partial charge >= 0.3 is 0 Å². The molecule has 0 saturated heterocycles. The van der Waals surface area contributed by atoms with Crippen LogP contribution in [0.1, 0.15) is 11.3 Å². The molecule has 3 nitrogen and oxygen atoms in total. The maximum Gasteiger partial charge on any atom is 0.124 e. The molecule has 0 amide bonds. The van der Waals surface area contributed by atoms with Crippen LogP contribution in [-0.4, -0.2) is 47.2 Å². The number of benzene rings is 1. The lowest BCUT2D eigenvalue weighted by molar-refractivity contribution is 0.412. The van der Waals surface area contributed by atoms with Crippen molar-refractivity contribution in [3.8, 4) is 0 Å². The molecule has 0 radical (unpaired) electrons. The maximum absolute atomic E-state index is 4.54. The van der Waals surface area contributed by atoms with E-state index in [1.165, 1.54) is 26.5 Å². The fourth-order valence-electron chi connectivity index (χ4n) is 2.51. The molecule has 0 fully saturated rings. The zero-order valence-corrected chi connectivity index (χ0v) is 14.2. The highest BCUT2D eigenvalue weighted by molar-refractivity contribution is 8.38. The van der Waals surface area contributed by atoms with Gasteiger partial charge in [-0.15, -0.1) is 0 Å². The molecular weight excluding hydrogens is 298 g/mol. The summed E-state index contributed by atoms with van der Waals surface area (Å²) in [6.07, 6.45) is 1.07. The summed E-state index contributed by atoms with van der Waals surface area (Å²) >= 11 is 3.77. The molecule has 0 unspecified atom stereocenters. The third kappa shape index (κ3) is 3.65. The quantitative estimate of drug-likeness (QED) is 0.913. The van der Waals surface area contributed by atoms with E-state index in [9.17, 15) is 0 Å². The first-order valence-corrected chi connectivity index (χ1v) is 9.24. The van der Waals surface area contributed by atoms with E-state index in [0.29, 0.717) is 0 Å². The summed E-state index contributed by atoms with van der Waals surface area (Å²) in [5.41, 5.74) is 4.08. The van der Waals surface area contributed by atoms with Gasteiger partial charge in [0.15, 0.2) is 0 Å². The first-order valence-electron chi connectivity index (χ1n) is 7.27. The van der Waals surface area contributed by atoms with Crippen LogP contribution in [0.15, 0.2) is 29.3 Å². The molecule has 0 saturated carbocycles. The van der Waals surface area contributed by atoms with Crippen LogP contribution in [0.25, 0.3) is 10.9 Å². The van der Waals surface area contributed by atoms with Gasteiger partial charge in [-0.05, 0) is 25.7 Å². The molecule has 3 rings (SSSR count). The van der Waals surface area contributed by atoms with Gasteiger partial charge in [-0.2, -0.15) is 0 Å². The van der Waals surface area contributed by atoms with Gasteiger partial charge in [-0.1, -0.05) is 41.7 Å². The van der Waals surface area contributed by atoms with Crippen molar-refractivity contribution in [3.05, 3.63) is 35.5 Å². The van der Waals surface area contributed by atoms with Crippen LogP contribution >= 0.6 is 23.5 Å². The van der Waals surface area contributed by atoms with Crippen molar-refractivity contribution in [2.45, 2.75) is 12.2 Å². The van der Waals surface area contributed by atoms with E-state index >= 15 is 0 Å². The number of nitrogens with zero attached hydrogens (tertiary/aromatic N) is 2. The Labute approximate surface area is 134 Å². The average molecular weight is 319 g/mol. The van der Waals surface area contributed by atoms with E-state index in [0.717, 1.165) is 31.0 Å². The van der Waals surface area contributed by atoms with Crippen molar-refractivity contribution >= 4 is 38.8 Å². The Balaban J connectivity index is 1.83. The number of aliphatic imine (C=N–C) groups is 1. The smallest absolute Gasteiger partial charge is 0.124 e. The Kier molecular flexibility index (Phi) is 4.93. The number of hydrogen-bond donors (Lipinski definition) is 1. The fourth-order valence-corrected chi connectivity index (χ4v) is 4.59. The predicted molar refractivity (Wildman–Crippen MR) is 96.6 cm³/mol. The lowest BCUT2D eigenvalue weighted by atomic mass is 10.1. The Morgan fingerprint density at radius 3 is 2.95 bits per heavy atom. The van der Waals surface area contributed by atoms with Crippen LogP contribution in [0, 0.1) is 0 Å². The number of nitrogens with one attached hydrogen (secondary N) is 1. The Morgan fingerprint density at radius 2 is 2.19 bits per heavy atom. The van der Waals surface area contributed by atoms with Gasteiger partial charge in [0.2, 0.25) is 0 Å². The topological polar surface area (TPSA) is 31.4 Å². The predicted octanol–water partition coefficient (Wildman–Crippen LogP) is 3.61. The number of para-hydroxylation sites is 1. The van der Waals surface area contributed by atoms with Crippen molar-refractivity contribution in [1.82, 2.24) is 9.88 Å². The summed E-state index contributed by atoms with van der Waals surface area (Å²) in [6, 6.07) is 8.62. The van der Waals surface area contributed by atoms with Crippen molar-refractivity contribution in [1.29, 1.82) is 0 Å². The minimum absolute atomic E-state index is 0.981. The summed E-state index contributed by atoms with van der Waals surface area (Å²) in [4.78, 5) is 10.4. The molecule has 0 spiro atoms. The first kappa shape index (κ1) is 15.0. The monoisotopic (exact) mass is 319 g/mol. The Bertz CT molecular complexity index is 646. The van der Waals surface area contributed by atoms with Crippen LogP contribution in [0.2, 0.25) is 0 Å². The highest BCUT2D eigenvalue weighted by Crippen LogP contribution is 2.31. The van der Waals surface area contributed by atoms with Crippen LogP contribution in [-0.2, 0) is 12.2 Å². The van der Waals surface area contributed by atoms with Gasteiger partial charge in [0.1, 0.15) is 4.38 Å². The lowest BCUT2D eigenvalue weighted by Gasteiger charge is -2.10. The lowest BCUT2D eigenvalue weighted by Crippen LogP contribution is -2.15. The number of aromatic amines is 1. The van der Waals surface area contributed by atoms with E-state index in [-0.39, 0.29) is 0 Å². The van der Waals surface area contributed by atoms with Gasteiger partial charge in [-0.3, -0.25) is 4.99 Å². The van der Waals surface area contributed by atoms with Crippen molar-refractivity contribution in [2.24, 2.45) is 4.99 Å². The second kappa shape index (κ2) is 6.90. The van der Waals surface area contributed by atoms with E-state index in [4.69, 9.17) is 0 Å². The first-order chi connectivity index (χ1) is 10.2. The minimum atomic E-state index is 0.981. The molecule has 0 atom stereocenters. The van der Waals surface area contributed by atoms with Gasteiger partial charge in [0.25, 0.3) is 0 Å². The highest BCUT2D eigenvalue weighted by Gasteiger charge is 2.14. The van der Waals surface area contributed by atoms with Crippen LogP contribution in [0.3, 0.4) is 0 Å². The Hall–Kier alpha value is -0.910. The van der Waals surface area contributed by atoms with E-state index in [2.05, 4.69) is 53.2 Å². The second-order valence-electron chi connectivity index (χ2n) is 5.47. The highest BCUT2D eigenvalue weighted by atomic mass is 32.2. The zero-order chi connectivity index (χ0) is 14.7. The molecule has 5 heteroatoms. The van der Waals surface area contributed by atoms with Crippen molar-refractivity contribution < 1.29 is 0 Å². The maximum atomic E-state index is 4.54. The SMILES string of the molecule is CN(C)CCc1[nH]c2ccccc2c1CSC1=NCCS1. The van der Waals surface area contributed by atoms with Gasteiger partial charge in [0.05, 0.1) is 6.54 Å². The largest absolute Gasteiger partial charge is 0.358 e. The van der Waals surface area contributed by atoms with Gasteiger partial charge in [-0.25, -0.2) is 0 Å². The summed E-state index contributed by atoms with van der Waals surface area (Å²) in [6.45, 7) is 2.05. The van der Waals surface area contributed by atoms with Crippen LogP contribution in [0.5, 0.6) is 0 Å². The number of rotatable bonds is 5. The average Bonchev–Trinajstić information content (AvgIpc) is 3.10.